The van der Waals surface area contributed by atoms with Crippen molar-refractivity contribution in [1.82, 2.24) is 10.1 Å². The van der Waals surface area contributed by atoms with E-state index in [-0.39, 0.29) is 33.5 Å². The molecule has 30 heavy (non-hydrogen) atoms. The fourth-order valence-corrected chi connectivity index (χ4v) is 4.11. The van der Waals surface area contributed by atoms with E-state index in [0.717, 1.165) is 4.70 Å². The van der Waals surface area contributed by atoms with Crippen molar-refractivity contribution < 1.29 is 18.5 Å². The zero-order valence-corrected chi connectivity index (χ0v) is 17.3. The number of fused-ring (bicyclic) bond motifs is 1. The van der Waals surface area contributed by atoms with Crippen molar-refractivity contribution in [2.45, 2.75) is 13.8 Å². The highest BCUT2D eigenvalue weighted by Crippen LogP contribution is 2.34. The molecule has 2 N–H and O–H groups in total. The highest BCUT2D eigenvalue weighted by Gasteiger charge is 2.26. The summed E-state index contributed by atoms with van der Waals surface area (Å²) >= 11 is 7.35. The summed E-state index contributed by atoms with van der Waals surface area (Å²) in [7, 11) is 0. The van der Waals surface area contributed by atoms with E-state index in [2.05, 4.69) is 20.8 Å². The molecule has 2 aromatic heterocycles. The lowest BCUT2D eigenvalue weighted by Gasteiger charge is -2.05. The first kappa shape index (κ1) is 20.0. The number of nitrogens with one attached hydrogen (secondary N) is 2. The monoisotopic (exact) mass is 444 g/mol. The van der Waals surface area contributed by atoms with Crippen LogP contribution < -0.4 is 10.6 Å². The van der Waals surface area contributed by atoms with Crippen LogP contribution in [0.3, 0.4) is 0 Å². The van der Waals surface area contributed by atoms with E-state index in [9.17, 15) is 14.0 Å². The number of thiazole rings is 1. The van der Waals surface area contributed by atoms with Gasteiger partial charge in [-0.05, 0) is 37.3 Å². The van der Waals surface area contributed by atoms with Gasteiger partial charge in [0, 0.05) is 12.6 Å². The molecule has 2 amide bonds. The average Bonchev–Trinajstić information content (AvgIpc) is 3.23. The van der Waals surface area contributed by atoms with E-state index < -0.39 is 11.7 Å². The Kier molecular flexibility index (Phi) is 5.23. The molecule has 4 aromatic rings. The predicted molar refractivity (Wildman–Crippen MR) is 114 cm³/mol. The van der Waals surface area contributed by atoms with Gasteiger partial charge in [-0.1, -0.05) is 34.2 Å². The van der Waals surface area contributed by atoms with Crippen LogP contribution >= 0.6 is 22.9 Å². The highest BCUT2D eigenvalue weighted by atomic mass is 35.5. The Balaban J connectivity index is 1.67. The van der Waals surface area contributed by atoms with Gasteiger partial charge in [-0.2, -0.15) is 0 Å². The topological polar surface area (TPSA) is 97.1 Å². The number of amides is 2. The largest absolute Gasteiger partial charge is 0.360 e. The maximum atomic E-state index is 14.3. The molecule has 10 heteroatoms. The summed E-state index contributed by atoms with van der Waals surface area (Å²) in [5.41, 5.74) is 1.36. The number of rotatable bonds is 4. The summed E-state index contributed by atoms with van der Waals surface area (Å²) in [6, 6.07) is 9.42. The van der Waals surface area contributed by atoms with Crippen molar-refractivity contribution in [3.8, 4) is 11.3 Å². The summed E-state index contributed by atoms with van der Waals surface area (Å²) in [5, 5.41) is 9.68. The number of anilines is 2. The van der Waals surface area contributed by atoms with E-state index in [0.29, 0.717) is 16.3 Å². The van der Waals surface area contributed by atoms with E-state index >= 15 is 0 Å². The zero-order valence-electron chi connectivity index (χ0n) is 15.7. The maximum absolute atomic E-state index is 14.3. The predicted octanol–water partition coefficient (Wildman–Crippen LogP) is 5.26. The number of carbonyl (C=O) groups excluding carboxylic acids is 2. The standard InChI is InChI=1S/C20H14ClFN4O3S/c1-9-16(18(26-29-9)17-12(21)4-3-5-13(17)22)19(28)25-20-24-14-7-6-11(23-10(2)27)8-15(14)30-20/h3-8H,1-2H3,(H,23,27)(H,24,25,28). The molecule has 2 aromatic carbocycles. The van der Waals surface area contributed by atoms with Gasteiger partial charge in [0.25, 0.3) is 5.91 Å². The Labute approximate surface area is 178 Å². The van der Waals surface area contributed by atoms with Crippen molar-refractivity contribution in [2.75, 3.05) is 10.6 Å². The Morgan fingerprint density at radius 3 is 2.73 bits per heavy atom. The van der Waals surface area contributed by atoms with Gasteiger partial charge in [0.05, 0.1) is 20.8 Å². The minimum atomic E-state index is -0.615. The molecule has 0 aliphatic carbocycles. The molecule has 0 radical (unpaired) electrons. The number of hydrogen-bond donors (Lipinski definition) is 2. The maximum Gasteiger partial charge on any atom is 0.263 e. The minimum absolute atomic E-state index is 0.00887. The zero-order chi connectivity index (χ0) is 21.4. The van der Waals surface area contributed by atoms with Crippen molar-refractivity contribution in [1.29, 1.82) is 0 Å². The highest BCUT2D eigenvalue weighted by molar-refractivity contribution is 7.22. The fourth-order valence-electron chi connectivity index (χ4n) is 2.95. The second-order valence-corrected chi connectivity index (χ2v) is 7.83. The molecule has 2 heterocycles. The van der Waals surface area contributed by atoms with Crippen LogP contribution in [0.1, 0.15) is 23.0 Å². The third-order valence-corrected chi connectivity index (χ3v) is 5.47. The summed E-state index contributed by atoms with van der Waals surface area (Å²) in [6.45, 7) is 2.97. The van der Waals surface area contributed by atoms with Crippen LogP contribution in [0.25, 0.3) is 21.5 Å². The van der Waals surface area contributed by atoms with Gasteiger partial charge in [-0.3, -0.25) is 14.9 Å². The molecule has 0 saturated heterocycles. The lowest BCUT2D eigenvalue weighted by atomic mass is 10.1. The molecule has 0 saturated carbocycles. The molecule has 0 atom stereocenters. The summed E-state index contributed by atoms with van der Waals surface area (Å²) in [5.74, 6) is -1.13. The lowest BCUT2D eigenvalue weighted by molar-refractivity contribution is -0.114. The van der Waals surface area contributed by atoms with Gasteiger partial charge in [0.1, 0.15) is 22.8 Å². The number of aryl methyl sites for hydroxylation is 1. The number of nitrogens with zero attached hydrogens (tertiary/aromatic N) is 2. The molecule has 0 aliphatic rings. The number of hydrogen-bond acceptors (Lipinski definition) is 6. The first-order valence-electron chi connectivity index (χ1n) is 8.73. The quantitative estimate of drug-likeness (QED) is 0.447. The van der Waals surface area contributed by atoms with Crippen LogP contribution in [-0.2, 0) is 4.79 Å². The van der Waals surface area contributed by atoms with Gasteiger partial charge >= 0.3 is 0 Å². The Hall–Kier alpha value is -3.30. The Morgan fingerprint density at radius 1 is 1.20 bits per heavy atom. The molecule has 7 nitrogen and oxygen atoms in total. The van der Waals surface area contributed by atoms with Crippen LogP contribution in [-0.4, -0.2) is 22.0 Å². The average molecular weight is 445 g/mol. The van der Waals surface area contributed by atoms with E-state index in [4.69, 9.17) is 16.1 Å². The molecule has 0 spiro atoms. The Bertz CT molecular complexity index is 1280. The summed E-state index contributed by atoms with van der Waals surface area (Å²) < 4.78 is 20.3. The molecule has 0 fully saturated rings. The molecule has 0 bridgehead atoms. The number of halogens is 2. The first-order valence-corrected chi connectivity index (χ1v) is 9.93. The smallest absolute Gasteiger partial charge is 0.263 e. The number of aromatic nitrogens is 2. The fraction of sp³-hybridized carbons (Fsp3) is 0.100. The van der Waals surface area contributed by atoms with Crippen molar-refractivity contribution >= 4 is 55.8 Å². The summed E-state index contributed by atoms with van der Waals surface area (Å²) in [4.78, 5) is 28.5. The van der Waals surface area contributed by atoms with Gasteiger partial charge < -0.3 is 9.84 Å². The third kappa shape index (κ3) is 3.77. The van der Waals surface area contributed by atoms with Crippen LogP contribution in [0.4, 0.5) is 15.2 Å². The second kappa shape index (κ2) is 7.85. The minimum Gasteiger partial charge on any atom is -0.360 e. The molecule has 0 aliphatic heterocycles. The summed E-state index contributed by atoms with van der Waals surface area (Å²) in [6.07, 6.45) is 0. The van der Waals surface area contributed by atoms with Gasteiger partial charge in [0.2, 0.25) is 5.91 Å². The SMILES string of the molecule is CC(=O)Nc1ccc2nc(NC(=O)c3c(-c4c(F)cccc4Cl)noc3C)sc2c1. The van der Waals surface area contributed by atoms with E-state index in [1.165, 1.54) is 36.5 Å². The van der Waals surface area contributed by atoms with Crippen LogP contribution in [0.15, 0.2) is 40.9 Å². The normalized spacial score (nSPS) is 10.9. The van der Waals surface area contributed by atoms with Crippen LogP contribution in [0.2, 0.25) is 5.02 Å². The van der Waals surface area contributed by atoms with Crippen LogP contribution in [0.5, 0.6) is 0 Å². The third-order valence-electron chi connectivity index (χ3n) is 4.22. The lowest BCUT2D eigenvalue weighted by Crippen LogP contribution is -2.13. The second-order valence-electron chi connectivity index (χ2n) is 6.40. The number of carbonyl (C=O) groups is 2. The van der Waals surface area contributed by atoms with Crippen LogP contribution in [0, 0.1) is 12.7 Å². The molecule has 152 valence electrons. The van der Waals surface area contributed by atoms with Crippen molar-refractivity contribution in [2.24, 2.45) is 0 Å². The van der Waals surface area contributed by atoms with Gasteiger partial charge in [0.15, 0.2) is 5.13 Å². The number of benzene rings is 2. The Morgan fingerprint density at radius 2 is 2.00 bits per heavy atom. The van der Waals surface area contributed by atoms with Crippen molar-refractivity contribution in [3.63, 3.8) is 0 Å². The van der Waals surface area contributed by atoms with E-state index in [1.807, 2.05) is 0 Å². The molecular formula is C20H14ClFN4O3S. The molecule has 4 rings (SSSR count). The first-order chi connectivity index (χ1) is 14.3. The van der Waals surface area contributed by atoms with Gasteiger partial charge in [-0.25, -0.2) is 9.37 Å². The molecular weight excluding hydrogens is 431 g/mol. The molecule has 0 unspecified atom stereocenters. The van der Waals surface area contributed by atoms with Crippen molar-refractivity contribution in [3.05, 3.63) is 58.6 Å². The van der Waals surface area contributed by atoms with E-state index in [1.54, 1.807) is 25.1 Å². The van der Waals surface area contributed by atoms with Gasteiger partial charge in [-0.15, -0.1) is 0 Å².